The first kappa shape index (κ1) is 11.7. The highest BCUT2D eigenvalue weighted by atomic mass is 79.9. The van der Waals surface area contributed by atoms with Gasteiger partial charge in [0.1, 0.15) is 11.6 Å². The van der Waals surface area contributed by atoms with Crippen molar-refractivity contribution >= 4 is 39.2 Å². The molecule has 0 unspecified atom stereocenters. The first-order valence-electron chi connectivity index (χ1n) is 4.98. The molecule has 0 saturated carbocycles. The molecular formula is C11H12BrN5. The molecular weight excluding hydrogens is 282 g/mol. The smallest absolute Gasteiger partial charge is 0.223 e. The van der Waals surface area contributed by atoms with Crippen LogP contribution in [0.4, 0.5) is 23.3 Å². The number of nitrogens with zero attached hydrogens (tertiary/aromatic N) is 2. The maximum atomic E-state index is 5.60. The van der Waals surface area contributed by atoms with E-state index in [0.29, 0.717) is 11.6 Å². The van der Waals surface area contributed by atoms with Gasteiger partial charge in [-0.25, -0.2) is 0 Å². The Morgan fingerprint density at radius 2 is 2.00 bits per heavy atom. The van der Waals surface area contributed by atoms with Gasteiger partial charge in [0.2, 0.25) is 5.95 Å². The Labute approximate surface area is 107 Å². The minimum Gasteiger partial charge on any atom is -0.383 e. The zero-order valence-corrected chi connectivity index (χ0v) is 10.8. The highest BCUT2D eigenvalue weighted by Crippen LogP contribution is 2.26. The molecule has 2 rings (SSSR count). The number of halogens is 1. The average molecular weight is 294 g/mol. The number of hydrogen-bond acceptors (Lipinski definition) is 5. The van der Waals surface area contributed by atoms with E-state index in [0.717, 1.165) is 15.7 Å². The second-order valence-corrected chi connectivity index (χ2v) is 4.43. The third-order valence-corrected chi connectivity index (χ3v) is 3.15. The van der Waals surface area contributed by atoms with Crippen LogP contribution in [-0.4, -0.2) is 9.97 Å². The molecule has 0 amide bonds. The van der Waals surface area contributed by atoms with Crippen LogP contribution in [0.3, 0.4) is 0 Å². The van der Waals surface area contributed by atoms with Crippen molar-refractivity contribution in [1.29, 1.82) is 0 Å². The van der Waals surface area contributed by atoms with E-state index in [1.165, 1.54) is 0 Å². The van der Waals surface area contributed by atoms with Gasteiger partial charge in [-0.2, -0.15) is 9.97 Å². The topological polar surface area (TPSA) is 89.8 Å². The quantitative estimate of drug-likeness (QED) is 0.791. The van der Waals surface area contributed by atoms with Crippen molar-refractivity contribution in [3.8, 4) is 0 Å². The van der Waals surface area contributed by atoms with Crippen molar-refractivity contribution in [2.24, 2.45) is 0 Å². The summed E-state index contributed by atoms with van der Waals surface area (Å²) in [6, 6.07) is 7.50. The van der Waals surface area contributed by atoms with E-state index in [1.807, 2.05) is 25.1 Å². The van der Waals surface area contributed by atoms with Crippen LogP contribution in [0.1, 0.15) is 5.56 Å². The molecule has 0 spiro atoms. The van der Waals surface area contributed by atoms with Gasteiger partial charge in [-0.1, -0.05) is 22.0 Å². The molecule has 0 radical (unpaired) electrons. The van der Waals surface area contributed by atoms with Gasteiger partial charge >= 0.3 is 0 Å². The summed E-state index contributed by atoms with van der Waals surface area (Å²) >= 11 is 3.47. The summed E-state index contributed by atoms with van der Waals surface area (Å²) < 4.78 is 1.03. The highest BCUT2D eigenvalue weighted by Gasteiger charge is 2.04. The second kappa shape index (κ2) is 4.58. The van der Waals surface area contributed by atoms with Crippen LogP contribution in [0.25, 0.3) is 0 Å². The van der Waals surface area contributed by atoms with Crippen LogP contribution < -0.4 is 16.8 Å². The van der Waals surface area contributed by atoms with Gasteiger partial charge in [0.05, 0.1) is 0 Å². The summed E-state index contributed by atoms with van der Waals surface area (Å²) in [7, 11) is 0. The maximum absolute atomic E-state index is 5.60. The van der Waals surface area contributed by atoms with Gasteiger partial charge in [0, 0.05) is 16.2 Å². The van der Waals surface area contributed by atoms with E-state index in [9.17, 15) is 0 Å². The van der Waals surface area contributed by atoms with Crippen LogP contribution in [-0.2, 0) is 0 Å². The fraction of sp³-hybridized carbons (Fsp3) is 0.0909. The molecule has 1 heterocycles. The Kier molecular flexibility index (Phi) is 3.14. The molecule has 5 N–H and O–H groups in total. The lowest BCUT2D eigenvalue weighted by Crippen LogP contribution is -2.03. The number of anilines is 4. The first-order valence-corrected chi connectivity index (χ1v) is 5.78. The van der Waals surface area contributed by atoms with E-state index >= 15 is 0 Å². The minimum atomic E-state index is 0.153. The number of nitrogen functional groups attached to an aromatic ring is 2. The largest absolute Gasteiger partial charge is 0.383 e. The van der Waals surface area contributed by atoms with Crippen molar-refractivity contribution in [1.82, 2.24) is 9.97 Å². The zero-order valence-electron chi connectivity index (χ0n) is 9.24. The Balaban J connectivity index is 2.34. The van der Waals surface area contributed by atoms with Crippen LogP contribution >= 0.6 is 15.9 Å². The number of rotatable bonds is 2. The van der Waals surface area contributed by atoms with Crippen molar-refractivity contribution in [2.45, 2.75) is 6.92 Å². The van der Waals surface area contributed by atoms with Gasteiger partial charge in [-0.05, 0) is 24.6 Å². The van der Waals surface area contributed by atoms with Crippen LogP contribution in [0.5, 0.6) is 0 Å². The maximum Gasteiger partial charge on any atom is 0.223 e. The molecule has 0 bridgehead atoms. The summed E-state index contributed by atoms with van der Waals surface area (Å²) in [5, 5.41) is 3.15. The summed E-state index contributed by atoms with van der Waals surface area (Å²) in [6.45, 7) is 2.00. The Morgan fingerprint density at radius 1 is 1.24 bits per heavy atom. The van der Waals surface area contributed by atoms with Gasteiger partial charge < -0.3 is 16.8 Å². The summed E-state index contributed by atoms with van der Waals surface area (Å²) in [5.41, 5.74) is 13.2. The van der Waals surface area contributed by atoms with E-state index in [-0.39, 0.29) is 5.95 Å². The molecule has 88 valence electrons. The van der Waals surface area contributed by atoms with E-state index in [2.05, 4.69) is 31.2 Å². The van der Waals surface area contributed by atoms with Crippen LogP contribution in [0.2, 0.25) is 0 Å². The molecule has 1 aromatic carbocycles. The Hall–Kier alpha value is -1.82. The Morgan fingerprint density at radius 3 is 2.71 bits per heavy atom. The fourth-order valence-electron chi connectivity index (χ4n) is 1.43. The van der Waals surface area contributed by atoms with Crippen LogP contribution in [0.15, 0.2) is 28.7 Å². The lowest BCUT2D eigenvalue weighted by atomic mass is 10.2. The first-order chi connectivity index (χ1) is 8.06. The van der Waals surface area contributed by atoms with E-state index in [4.69, 9.17) is 11.5 Å². The van der Waals surface area contributed by atoms with Crippen molar-refractivity contribution in [3.05, 3.63) is 34.3 Å². The van der Waals surface area contributed by atoms with Crippen molar-refractivity contribution in [2.75, 3.05) is 16.8 Å². The average Bonchev–Trinajstić information content (AvgIpc) is 2.23. The fourth-order valence-corrected chi connectivity index (χ4v) is 1.80. The summed E-state index contributed by atoms with van der Waals surface area (Å²) in [4.78, 5) is 7.87. The van der Waals surface area contributed by atoms with Gasteiger partial charge in [-0.15, -0.1) is 0 Å². The number of hydrogen-bond donors (Lipinski definition) is 3. The number of benzene rings is 1. The van der Waals surface area contributed by atoms with Gasteiger partial charge in [-0.3, -0.25) is 0 Å². The third-order valence-electron chi connectivity index (χ3n) is 2.29. The molecule has 5 nitrogen and oxygen atoms in total. The molecule has 0 aliphatic heterocycles. The van der Waals surface area contributed by atoms with E-state index < -0.39 is 0 Å². The molecule has 0 fully saturated rings. The van der Waals surface area contributed by atoms with Crippen molar-refractivity contribution < 1.29 is 0 Å². The highest BCUT2D eigenvalue weighted by molar-refractivity contribution is 9.10. The Bertz CT molecular complexity index is 535. The zero-order chi connectivity index (χ0) is 12.4. The molecule has 1 aromatic heterocycles. The lowest BCUT2D eigenvalue weighted by molar-refractivity contribution is 1.19. The van der Waals surface area contributed by atoms with Crippen molar-refractivity contribution in [3.63, 3.8) is 0 Å². The predicted octanol–water partition coefficient (Wildman–Crippen LogP) is 2.46. The molecule has 17 heavy (non-hydrogen) atoms. The minimum absolute atomic E-state index is 0.153. The second-order valence-electron chi connectivity index (χ2n) is 3.57. The van der Waals surface area contributed by atoms with Crippen LogP contribution in [0, 0.1) is 6.92 Å². The lowest BCUT2D eigenvalue weighted by Gasteiger charge is -2.10. The molecule has 0 aliphatic rings. The summed E-state index contributed by atoms with van der Waals surface area (Å²) in [6.07, 6.45) is 0. The SMILES string of the molecule is Cc1c(Br)cccc1Nc1cc(N)nc(N)n1. The van der Waals surface area contributed by atoms with Gasteiger partial charge in [0.25, 0.3) is 0 Å². The van der Waals surface area contributed by atoms with Gasteiger partial charge in [0.15, 0.2) is 0 Å². The number of aromatic nitrogens is 2. The molecule has 0 aliphatic carbocycles. The summed E-state index contributed by atoms with van der Waals surface area (Å²) in [5.74, 6) is 1.07. The number of nitrogens with one attached hydrogen (secondary N) is 1. The molecule has 2 aromatic rings. The van der Waals surface area contributed by atoms with E-state index in [1.54, 1.807) is 6.07 Å². The standard InChI is InChI=1S/C11H12BrN5/c1-6-7(12)3-2-4-8(6)15-10-5-9(13)16-11(14)17-10/h2-5H,1H3,(H5,13,14,15,16,17). The normalized spacial score (nSPS) is 10.2. The monoisotopic (exact) mass is 293 g/mol. The molecule has 0 saturated heterocycles. The third kappa shape index (κ3) is 2.65. The number of nitrogens with two attached hydrogens (primary N) is 2. The molecule has 6 heteroatoms. The predicted molar refractivity (Wildman–Crippen MR) is 73.0 cm³/mol. The molecule has 0 atom stereocenters.